The van der Waals surface area contributed by atoms with Crippen molar-refractivity contribution in [2.45, 2.75) is 50.0 Å². The minimum Gasteiger partial charge on any atom is -0.481 e. The molecule has 4 nitrogen and oxygen atoms in total. The summed E-state index contributed by atoms with van der Waals surface area (Å²) in [5.41, 5.74) is -0.703. The van der Waals surface area contributed by atoms with E-state index in [0.29, 0.717) is 23.5 Å². The summed E-state index contributed by atoms with van der Waals surface area (Å²) in [5, 5.41) is 11.8. The average molecular weight is 327 g/mol. The Morgan fingerprint density at radius 1 is 1.27 bits per heavy atom. The van der Waals surface area contributed by atoms with Gasteiger partial charge in [0, 0.05) is 22.6 Å². The third-order valence-corrected chi connectivity index (χ3v) is 4.72. The van der Waals surface area contributed by atoms with Crippen molar-refractivity contribution < 1.29 is 19.1 Å². The maximum absolute atomic E-state index is 13.5. The molecule has 0 heterocycles. The Morgan fingerprint density at radius 2 is 1.91 bits per heavy atom. The lowest BCUT2D eigenvalue weighted by Gasteiger charge is -2.31. The highest BCUT2D eigenvalue weighted by Crippen LogP contribution is 2.23. The van der Waals surface area contributed by atoms with E-state index in [2.05, 4.69) is 5.32 Å². The molecule has 0 unspecified atom stereocenters. The van der Waals surface area contributed by atoms with Crippen LogP contribution in [0.5, 0.6) is 0 Å². The molecule has 0 saturated heterocycles. The molecule has 6 heteroatoms. The second kappa shape index (κ2) is 8.78. The van der Waals surface area contributed by atoms with E-state index in [1.165, 1.54) is 17.8 Å². The summed E-state index contributed by atoms with van der Waals surface area (Å²) in [6, 6.07) is 6.42. The standard InChI is InChI=1S/C16H22FNO3S/c1-3-16(4-2,11-15(20)21)18-14(19)9-10-22-13-8-6-5-7-12(13)17/h5-8H,3-4,9-11H2,1-2H3,(H,18,19)(H,20,21). The highest BCUT2D eigenvalue weighted by Gasteiger charge is 2.30. The van der Waals surface area contributed by atoms with E-state index in [1.54, 1.807) is 18.2 Å². The van der Waals surface area contributed by atoms with Crippen molar-refractivity contribution in [3.8, 4) is 0 Å². The average Bonchev–Trinajstić information content (AvgIpc) is 2.48. The van der Waals surface area contributed by atoms with E-state index in [1.807, 2.05) is 13.8 Å². The molecule has 22 heavy (non-hydrogen) atoms. The van der Waals surface area contributed by atoms with E-state index < -0.39 is 11.5 Å². The van der Waals surface area contributed by atoms with Crippen LogP contribution in [0.15, 0.2) is 29.2 Å². The first-order chi connectivity index (χ1) is 10.4. The number of carboxylic acids is 1. The number of aliphatic carboxylic acids is 1. The number of hydrogen-bond donors (Lipinski definition) is 2. The van der Waals surface area contributed by atoms with Crippen molar-refractivity contribution in [3.63, 3.8) is 0 Å². The molecule has 1 amide bonds. The van der Waals surface area contributed by atoms with Gasteiger partial charge in [0.15, 0.2) is 0 Å². The molecule has 1 rings (SSSR count). The molecule has 1 aromatic carbocycles. The molecule has 0 spiro atoms. The Balaban J connectivity index is 2.51. The van der Waals surface area contributed by atoms with Gasteiger partial charge in [-0.3, -0.25) is 9.59 Å². The molecule has 0 bridgehead atoms. The van der Waals surface area contributed by atoms with Crippen LogP contribution in [0.3, 0.4) is 0 Å². The van der Waals surface area contributed by atoms with Gasteiger partial charge in [0.25, 0.3) is 0 Å². The van der Waals surface area contributed by atoms with Crippen molar-refractivity contribution in [1.29, 1.82) is 0 Å². The number of rotatable bonds is 9. The minimum absolute atomic E-state index is 0.0911. The lowest BCUT2D eigenvalue weighted by molar-refractivity contribution is -0.139. The first-order valence-corrected chi connectivity index (χ1v) is 8.31. The fourth-order valence-corrected chi connectivity index (χ4v) is 3.07. The predicted octanol–water partition coefficient (Wildman–Crippen LogP) is 3.46. The van der Waals surface area contributed by atoms with Crippen molar-refractivity contribution >= 4 is 23.6 Å². The molecule has 122 valence electrons. The van der Waals surface area contributed by atoms with Crippen LogP contribution in [0.25, 0.3) is 0 Å². The number of halogens is 1. The van der Waals surface area contributed by atoms with Crippen LogP contribution in [-0.4, -0.2) is 28.3 Å². The SMILES string of the molecule is CCC(CC)(CC(=O)O)NC(=O)CCSc1ccccc1F. The van der Waals surface area contributed by atoms with Crippen LogP contribution in [0.4, 0.5) is 4.39 Å². The molecule has 0 atom stereocenters. The van der Waals surface area contributed by atoms with Gasteiger partial charge in [-0.15, -0.1) is 11.8 Å². The summed E-state index contributed by atoms with van der Waals surface area (Å²) >= 11 is 1.28. The number of hydrogen-bond acceptors (Lipinski definition) is 3. The van der Waals surface area contributed by atoms with E-state index in [0.717, 1.165) is 0 Å². The summed E-state index contributed by atoms with van der Waals surface area (Å²) in [6.45, 7) is 3.72. The number of carbonyl (C=O) groups is 2. The molecule has 2 N–H and O–H groups in total. The molecule has 0 radical (unpaired) electrons. The van der Waals surface area contributed by atoms with E-state index in [9.17, 15) is 14.0 Å². The van der Waals surface area contributed by atoms with Crippen LogP contribution in [0.1, 0.15) is 39.5 Å². The van der Waals surface area contributed by atoms with Crippen LogP contribution in [-0.2, 0) is 9.59 Å². The molecule has 0 aliphatic rings. The number of benzene rings is 1. The predicted molar refractivity (Wildman–Crippen MR) is 85.4 cm³/mol. The maximum atomic E-state index is 13.5. The van der Waals surface area contributed by atoms with E-state index >= 15 is 0 Å². The zero-order valence-electron chi connectivity index (χ0n) is 12.9. The molecule has 1 aromatic rings. The first kappa shape index (κ1) is 18.5. The van der Waals surface area contributed by atoms with E-state index in [4.69, 9.17) is 5.11 Å². The summed E-state index contributed by atoms with van der Waals surface area (Å²) < 4.78 is 13.5. The Hall–Kier alpha value is -1.56. The molecule has 0 aromatic heterocycles. The van der Waals surface area contributed by atoms with Gasteiger partial charge in [0.1, 0.15) is 5.82 Å². The number of amides is 1. The zero-order chi connectivity index (χ0) is 16.6. The Kier molecular flexibility index (Phi) is 7.38. The summed E-state index contributed by atoms with van der Waals surface area (Å²) in [7, 11) is 0. The van der Waals surface area contributed by atoms with Gasteiger partial charge in [0.05, 0.1) is 6.42 Å². The third kappa shape index (κ3) is 5.67. The Morgan fingerprint density at radius 3 is 2.45 bits per heavy atom. The Bertz CT molecular complexity index is 518. The second-order valence-corrected chi connectivity index (χ2v) is 6.27. The molecule has 0 aliphatic carbocycles. The number of nitrogens with one attached hydrogen (secondary N) is 1. The quantitative estimate of drug-likeness (QED) is 0.682. The third-order valence-electron chi connectivity index (χ3n) is 3.67. The van der Waals surface area contributed by atoms with Gasteiger partial charge >= 0.3 is 5.97 Å². The normalized spacial score (nSPS) is 11.2. The molecular formula is C16H22FNO3S. The van der Waals surface area contributed by atoms with Crippen molar-refractivity contribution in [2.24, 2.45) is 0 Å². The van der Waals surface area contributed by atoms with Crippen LogP contribution >= 0.6 is 11.8 Å². The van der Waals surface area contributed by atoms with Crippen molar-refractivity contribution in [2.75, 3.05) is 5.75 Å². The largest absolute Gasteiger partial charge is 0.481 e. The maximum Gasteiger partial charge on any atom is 0.305 e. The fraction of sp³-hybridized carbons (Fsp3) is 0.500. The monoisotopic (exact) mass is 327 g/mol. The van der Waals surface area contributed by atoms with Gasteiger partial charge in [-0.25, -0.2) is 4.39 Å². The topological polar surface area (TPSA) is 66.4 Å². The molecular weight excluding hydrogens is 305 g/mol. The summed E-state index contributed by atoms with van der Waals surface area (Å²) in [4.78, 5) is 23.5. The molecule has 0 fully saturated rings. The van der Waals surface area contributed by atoms with Crippen molar-refractivity contribution in [3.05, 3.63) is 30.1 Å². The second-order valence-electron chi connectivity index (χ2n) is 5.14. The zero-order valence-corrected chi connectivity index (χ0v) is 13.7. The molecule has 0 saturated carbocycles. The highest BCUT2D eigenvalue weighted by molar-refractivity contribution is 7.99. The smallest absolute Gasteiger partial charge is 0.305 e. The van der Waals surface area contributed by atoms with Gasteiger partial charge in [0.2, 0.25) is 5.91 Å². The van der Waals surface area contributed by atoms with Gasteiger partial charge in [-0.05, 0) is 25.0 Å². The van der Waals surface area contributed by atoms with Gasteiger partial charge in [-0.2, -0.15) is 0 Å². The number of thioether (sulfide) groups is 1. The molecule has 0 aliphatic heterocycles. The lowest BCUT2D eigenvalue weighted by atomic mass is 9.89. The van der Waals surface area contributed by atoms with Crippen LogP contribution in [0, 0.1) is 5.82 Å². The Labute approximate surface area is 134 Å². The van der Waals surface area contributed by atoms with Crippen molar-refractivity contribution in [1.82, 2.24) is 5.32 Å². The van der Waals surface area contributed by atoms with Gasteiger partial charge < -0.3 is 10.4 Å². The van der Waals surface area contributed by atoms with Crippen LogP contribution < -0.4 is 5.32 Å². The fourth-order valence-electron chi connectivity index (χ4n) is 2.18. The first-order valence-electron chi connectivity index (χ1n) is 7.32. The van der Waals surface area contributed by atoms with E-state index in [-0.39, 0.29) is 24.6 Å². The number of carboxylic acid groups (broad SMARTS) is 1. The number of carbonyl (C=O) groups excluding carboxylic acids is 1. The lowest BCUT2D eigenvalue weighted by Crippen LogP contribution is -2.49. The highest BCUT2D eigenvalue weighted by atomic mass is 32.2. The van der Waals surface area contributed by atoms with Gasteiger partial charge in [-0.1, -0.05) is 26.0 Å². The van der Waals surface area contributed by atoms with Crippen LogP contribution in [0.2, 0.25) is 0 Å². The summed E-state index contributed by atoms with van der Waals surface area (Å²) in [6.07, 6.45) is 1.25. The minimum atomic E-state index is -0.926. The summed E-state index contributed by atoms with van der Waals surface area (Å²) in [5.74, 6) is -0.975.